The summed E-state index contributed by atoms with van der Waals surface area (Å²) in [5.74, 6) is 0.388. The Morgan fingerprint density at radius 1 is 1.15 bits per heavy atom. The predicted molar refractivity (Wildman–Crippen MR) is 99.6 cm³/mol. The third-order valence-electron chi connectivity index (χ3n) is 3.87. The molecule has 0 aliphatic rings. The number of sulfonamides is 1. The fourth-order valence-corrected chi connectivity index (χ4v) is 3.00. The molecule has 3 aromatic rings. The Balaban J connectivity index is 1.65. The number of primary sulfonamides is 1. The lowest BCUT2D eigenvalue weighted by Crippen LogP contribution is -2.24. The van der Waals surface area contributed by atoms with Gasteiger partial charge < -0.3 is 9.73 Å². The SMILES string of the molecule is C[C@H](NC(=O)/C=C/c1ccc(S(N)(=O)=O)cc1)c1cc2ccccc2o1. The van der Waals surface area contributed by atoms with Crippen molar-refractivity contribution in [3.8, 4) is 0 Å². The van der Waals surface area contributed by atoms with Crippen LogP contribution in [-0.4, -0.2) is 14.3 Å². The van der Waals surface area contributed by atoms with Crippen molar-refractivity contribution >= 4 is 33.0 Å². The van der Waals surface area contributed by atoms with E-state index in [0.717, 1.165) is 11.0 Å². The van der Waals surface area contributed by atoms with Crippen molar-refractivity contribution < 1.29 is 17.6 Å². The van der Waals surface area contributed by atoms with Gasteiger partial charge in [-0.2, -0.15) is 0 Å². The first-order valence-electron chi connectivity index (χ1n) is 7.93. The molecule has 0 saturated heterocycles. The van der Waals surface area contributed by atoms with Gasteiger partial charge in [0.15, 0.2) is 0 Å². The highest BCUT2D eigenvalue weighted by Crippen LogP contribution is 2.23. The highest BCUT2D eigenvalue weighted by atomic mass is 32.2. The van der Waals surface area contributed by atoms with Crippen molar-refractivity contribution in [3.05, 3.63) is 72.0 Å². The Labute approximate surface area is 151 Å². The maximum Gasteiger partial charge on any atom is 0.244 e. The van der Waals surface area contributed by atoms with Crippen molar-refractivity contribution in [2.24, 2.45) is 5.14 Å². The average molecular weight is 370 g/mol. The van der Waals surface area contributed by atoms with Crippen LogP contribution in [0.4, 0.5) is 0 Å². The number of carbonyl (C=O) groups is 1. The van der Waals surface area contributed by atoms with Crippen molar-refractivity contribution in [2.75, 3.05) is 0 Å². The molecule has 0 unspecified atom stereocenters. The first-order valence-corrected chi connectivity index (χ1v) is 9.47. The Bertz CT molecular complexity index is 1030. The van der Waals surface area contributed by atoms with Crippen molar-refractivity contribution in [3.63, 3.8) is 0 Å². The molecule has 0 radical (unpaired) electrons. The Hall–Kier alpha value is -2.90. The molecule has 0 spiro atoms. The Morgan fingerprint density at radius 3 is 2.50 bits per heavy atom. The van der Waals surface area contributed by atoms with Crippen LogP contribution in [0.1, 0.15) is 24.3 Å². The van der Waals surface area contributed by atoms with Gasteiger partial charge in [-0.25, -0.2) is 13.6 Å². The molecule has 3 rings (SSSR count). The second-order valence-corrected chi connectivity index (χ2v) is 7.43. The van der Waals surface area contributed by atoms with E-state index in [1.54, 1.807) is 18.2 Å². The molecule has 1 atom stereocenters. The smallest absolute Gasteiger partial charge is 0.244 e. The van der Waals surface area contributed by atoms with Gasteiger partial charge in [0.2, 0.25) is 15.9 Å². The molecule has 0 fully saturated rings. The highest BCUT2D eigenvalue weighted by molar-refractivity contribution is 7.89. The lowest BCUT2D eigenvalue weighted by atomic mass is 10.2. The third kappa shape index (κ3) is 4.19. The number of furan rings is 1. The molecular formula is C19H18N2O4S. The van der Waals surface area contributed by atoms with Crippen LogP contribution in [0.3, 0.4) is 0 Å². The molecule has 134 valence electrons. The molecule has 3 N–H and O–H groups in total. The van der Waals surface area contributed by atoms with Gasteiger partial charge in [0.05, 0.1) is 10.9 Å². The normalized spacial score (nSPS) is 13.2. The first kappa shape index (κ1) is 17.9. The number of amides is 1. The Morgan fingerprint density at radius 2 is 1.85 bits per heavy atom. The van der Waals surface area contributed by atoms with E-state index in [9.17, 15) is 13.2 Å². The van der Waals surface area contributed by atoms with Crippen LogP contribution in [0.2, 0.25) is 0 Å². The van der Waals surface area contributed by atoms with Gasteiger partial charge in [-0.3, -0.25) is 4.79 Å². The van der Waals surface area contributed by atoms with Gasteiger partial charge >= 0.3 is 0 Å². The predicted octanol–water partition coefficient (Wildman–Crippen LogP) is 2.97. The molecule has 1 heterocycles. The quantitative estimate of drug-likeness (QED) is 0.674. The summed E-state index contributed by atoms with van der Waals surface area (Å²) in [7, 11) is -3.72. The number of benzene rings is 2. The van der Waals surface area contributed by atoms with Crippen LogP contribution < -0.4 is 10.5 Å². The van der Waals surface area contributed by atoms with Gasteiger partial charge in [0, 0.05) is 11.5 Å². The van der Waals surface area contributed by atoms with Gasteiger partial charge in [-0.15, -0.1) is 0 Å². The summed E-state index contributed by atoms with van der Waals surface area (Å²) >= 11 is 0. The number of hydrogen-bond donors (Lipinski definition) is 2. The minimum Gasteiger partial charge on any atom is -0.459 e. The van der Waals surface area contributed by atoms with Gasteiger partial charge in [0.25, 0.3) is 0 Å². The van der Waals surface area contributed by atoms with E-state index in [4.69, 9.17) is 9.56 Å². The van der Waals surface area contributed by atoms with Crippen LogP contribution in [-0.2, 0) is 14.8 Å². The van der Waals surface area contributed by atoms with Gasteiger partial charge in [-0.1, -0.05) is 30.3 Å². The van der Waals surface area contributed by atoms with E-state index in [2.05, 4.69) is 5.32 Å². The summed E-state index contributed by atoms with van der Waals surface area (Å²) < 4.78 is 28.2. The fraction of sp³-hybridized carbons (Fsp3) is 0.105. The zero-order valence-electron chi connectivity index (χ0n) is 14.0. The topological polar surface area (TPSA) is 102 Å². The second-order valence-electron chi connectivity index (χ2n) is 5.86. The number of rotatable bonds is 5. The minimum absolute atomic E-state index is 0.0256. The molecule has 1 amide bonds. The molecule has 0 bridgehead atoms. The second kappa shape index (κ2) is 7.15. The number of hydrogen-bond acceptors (Lipinski definition) is 4. The molecule has 26 heavy (non-hydrogen) atoms. The maximum atomic E-state index is 12.1. The van der Waals surface area contributed by atoms with E-state index in [0.29, 0.717) is 11.3 Å². The highest BCUT2D eigenvalue weighted by Gasteiger charge is 2.13. The van der Waals surface area contributed by atoms with E-state index in [1.807, 2.05) is 37.3 Å². The van der Waals surface area contributed by atoms with Crippen molar-refractivity contribution in [2.45, 2.75) is 17.9 Å². The van der Waals surface area contributed by atoms with Crippen molar-refractivity contribution in [1.82, 2.24) is 5.32 Å². The number of carbonyl (C=O) groups excluding carboxylic acids is 1. The molecular weight excluding hydrogens is 352 g/mol. The third-order valence-corrected chi connectivity index (χ3v) is 4.80. The van der Waals surface area contributed by atoms with Gasteiger partial charge in [0.1, 0.15) is 11.3 Å². The fourth-order valence-electron chi connectivity index (χ4n) is 2.49. The van der Waals surface area contributed by atoms with Crippen LogP contribution in [0.15, 0.2) is 70.0 Å². The number of nitrogens with two attached hydrogens (primary N) is 1. The van der Waals surface area contributed by atoms with Crippen LogP contribution in [0, 0.1) is 0 Å². The summed E-state index contributed by atoms with van der Waals surface area (Å²) in [6.07, 6.45) is 2.97. The molecule has 0 aliphatic heterocycles. The van der Waals surface area contributed by atoms with Crippen LogP contribution >= 0.6 is 0 Å². The molecule has 2 aromatic carbocycles. The van der Waals surface area contributed by atoms with Crippen molar-refractivity contribution in [1.29, 1.82) is 0 Å². The molecule has 0 saturated carbocycles. The summed E-state index contributed by atoms with van der Waals surface area (Å²) in [5.41, 5.74) is 1.46. The summed E-state index contributed by atoms with van der Waals surface area (Å²) in [4.78, 5) is 12.1. The summed E-state index contributed by atoms with van der Waals surface area (Å²) in [5, 5.41) is 8.86. The lowest BCUT2D eigenvalue weighted by molar-refractivity contribution is -0.117. The van der Waals surface area contributed by atoms with E-state index in [1.165, 1.54) is 18.2 Å². The Kier molecular flexibility index (Phi) is 4.92. The van der Waals surface area contributed by atoms with E-state index < -0.39 is 10.0 Å². The largest absolute Gasteiger partial charge is 0.459 e. The minimum atomic E-state index is -3.72. The lowest BCUT2D eigenvalue weighted by Gasteiger charge is -2.09. The standard InChI is InChI=1S/C19H18N2O4S/c1-13(18-12-15-4-2-3-5-17(15)25-18)21-19(22)11-8-14-6-9-16(10-7-14)26(20,23)24/h2-13H,1H3,(H,21,22)(H2,20,23,24)/b11-8+/t13-/m0/s1. The summed E-state index contributed by atoms with van der Waals surface area (Å²) in [6.45, 7) is 1.84. The van der Waals surface area contributed by atoms with Gasteiger partial charge in [-0.05, 0) is 42.8 Å². The number of para-hydroxylation sites is 1. The van der Waals surface area contributed by atoms with E-state index >= 15 is 0 Å². The molecule has 1 aromatic heterocycles. The number of nitrogens with one attached hydrogen (secondary N) is 1. The molecule has 7 heteroatoms. The monoisotopic (exact) mass is 370 g/mol. The van der Waals surface area contributed by atoms with E-state index in [-0.39, 0.29) is 16.8 Å². The number of fused-ring (bicyclic) bond motifs is 1. The van der Waals surface area contributed by atoms with Crippen LogP contribution in [0.5, 0.6) is 0 Å². The zero-order valence-corrected chi connectivity index (χ0v) is 14.9. The summed E-state index contributed by atoms with van der Waals surface area (Å²) in [6, 6.07) is 15.2. The molecule has 6 nitrogen and oxygen atoms in total. The van der Waals surface area contributed by atoms with Crippen LogP contribution in [0.25, 0.3) is 17.0 Å². The zero-order chi connectivity index (χ0) is 18.7. The first-order chi connectivity index (χ1) is 12.3. The average Bonchev–Trinajstić information content (AvgIpc) is 3.04. The molecule has 0 aliphatic carbocycles. The maximum absolute atomic E-state index is 12.1.